The summed E-state index contributed by atoms with van der Waals surface area (Å²) in [4.78, 5) is 12.1. The molecule has 0 aromatic carbocycles. The van der Waals surface area contributed by atoms with E-state index in [1.165, 1.54) is 4.90 Å². The van der Waals surface area contributed by atoms with Crippen LogP contribution in [-0.2, 0) is 0 Å². The normalized spacial score (nSPS) is 9.70. The quantitative estimate of drug-likeness (QED) is 0.450. The van der Waals surface area contributed by atoms with Gasteiger partial charge in [0.05, 0.1) is 0 Å². The summed E-state index contributed by atoms with van der Waals surface area (Å²) in [5.41, 5.74) is 0.676. The standard InChI is InChI=1S/C7H12ClNO/c1-5(2)9(6(3)4)7(8)10/h6H,1H2,2-4H3. The molecule has 0 saturated heterocycles. The van der Waals surface area contributed by atoms with E-state index in [4.69, 9.17) is 11.6 Å². The Morgan fingerprint density at radius 2 is 2.00 bits per heavy atom. The maximum atomic E-state index is 10.7. The van der Waals surface area contributed by atoms with Gasteiger partial charge in [0.1, 0.15) is 0 Å². The first kappa shape index (κ1) is 9.50. The molecule has 0 radical (unpaired) electrons. The predicted octanol–water partition coefficient (Wildman–Crippen LogP) is 2.59. The van der Waals surface area contributed by atoms with Crippen molar-refractivity contribution in [3.8, 4) is 0 Å². The van der Waals surface area contributed by atoms with Crippen LogP contribution in [0.15, 0.2) is 12.3 Å². The molecule has 0 rings (SSSR count). The fourth-order valence-corrected chi connectivity index (χ4v) is 1.13. The molecule has 0 aliphatic carbocycles. The van der Waals surface area contributed by atoms with Gasteiger partial charge in [-0.2, -0.15) is 0 Å². The molecule has 0 aliphatic heterocycles. The highest BCUT2D eigenvalue weighted by Crippen LogP contribution is 2.09. The Labute approximate surface area is 66.5 Å². The molecule has 10 heavy (non-hydrogen) atoms. The van der Waals surface area contributed by atoms with Gasteiger partial charge >= 0.3 is 5.37 Å². The van der Waals surface area contributed by atoms with Gasteiger partial charge in [-0.1, -0.05) is 6.58 Å². The maximum Gasteiger partial charge on any atom is 0.320 e. The summed E-state index contributed by atoms with van der Waals surface area (Å²) in [7, 11) is 0. The lowest BCUT2D eigenvalue weighted by molar-refractivity contribution is 0.224. The highest BCUT2D eigenvalue weighted by atomic mass is 35.5. The van der Waals surface area contributed by atoms with Gasteiger partial charge in [-0.3, -0.25) is 4.79 Å². The second kappa shape index (κ2) is 3.62. The lowest BCUT2D eigenvalue weighted by Gasteiger charge is -2.23. The third-order valence-electron chi connectivity index (χ3n) is 1.12. The summed E-state index contributed by atoms with van der Waals surface area (Å²) in [6.07, 6.45) is 0. The van der Waals surface area contributed by atoms with E-state index in [1.54, 1.807) is 6.92 Å². The largest absolute Gasteiger partial charge is 0.320 e. The molecule has 2 nitrogen and oxygen atoms in total. The third-order valence-corrected chi connectivity index (χ3v) is 1.30. The molecule has 0 fully saturated rings. The van der Waals surface area contributed by atoms with E-state index < -0.39 is 5.37 Å². The molecule has 0 bridgehead atoms. The minimum absolute atomic E-state index is 0.0856. The number of nitrogens with zero attached hydrogens (tertiary/aromatic N) is 1. The third kappa shape index (κ3) is 2.40. The highest BCUT2D eigenvalue weighted by Gasteiger charge is 2.13. The zero-order chi connectivity index (χ0) is 8.31. The molecular formula is C7H12ClNO. The zero-order valence-electron chi connectivity index (χ0n) is 6.52. The van der Waals surface area contributed by atoms with Gasteiger partial charge in [-0.15, -0.1) is 0 Å². The average molecular weight is 162 g/mol. The van der Waals surface area contributed by atoms with Gasteiger partial charge in [0.25, 0.3) is 0 Å². The van der Waals surface area contributed by atoms with Crippen LogP contribution >= 0.6 is 11.6 Å². The highest BCUT2D eigenvalue weighted by molar-refractivity contribution is 6.63. The molecule has 0 aromatic rings. The van der Waals surface area contributed by atoms with Crippen LogP contribution in [0.3, 0.4) is 0 Å². The summed E-state index contributed by atoms with van der Waals surface area (Å²) in [5, 5.41) is -0.470. The molecule has 58 valence electrons. The molecule has 0 unspecified atom stereocenters. The molecule has 1 amide bonds. The lowest BCUT2D eigenvalue weighted by atomic mass is 10.3. The van der Waals surface area contributed by atoms with E-state index in [9.17, 15) is 4.79 Å². The summed E-state index contributed by atoms with van der Waals surface area (Å²) in [6, 6.07) is 0.0856. The van der Waals surface area contributed by atoms with Crippen LogP contribution < -0.4 is 0 Å². The Kier molecular flexibility index (Phi) is 3.43. The first-order valence-corrected chi connectivity index (χ1v) is 3.48. The number of amides is 1. The van der Waals surface area contributed by atoms with Gasteiger partial charge in [-0.25, -0.2) is 0 Å². The number of halogens is 1. The summed E-state index contributed by atoms with van der Waals surface area (Å²) in [6.45, 7) is 9.14. The van der Waals surface area contributed by atoms with E-state index in [-0.39, 0.29) is 6.04 Å². The van der Waals surface area contributed by atoms with Gasteiger partial charge in [0, 0.05) is 11.7 Å². The zero-order valence-corrected chi connectivity index (χ0v) is 7.27. The first-order valence-electron chi connectivity index (χ1n) is 3.11. The van der Waals surface area contributed by atoms with Gasteiger partial charge in [0.2, 0.25) is 0 Å². The van der Waals surface area contributed by atoms with Crippen LogP contribution in [0, 0.1) is 0 Å². The van der Waals surface area contributed by atoms with Gasteiger partial charge in [-0.05, 0) is 32.4 Å². The lowest BCUT2D eigenvalue weighted by Crippen LogP contribution is -2.30. The number of hydrogen-bond donors (Lipinski definition) is 0. The fourth-order valence-electron chi connectivity index (χ4n) is 0.794. The Morgan fingerprint density at radius 1 is 1.60 bits per heavy atom. The van der Waals surface area contributed by atoms with Crippen LogP contribution in [0.5, 0.6) is 0 Å². The maximum absolute atomic E-state index is 10.7. The van der Waals surface area contributed by atoms with Crippen LogP contribution in [0.1, 0.15) is 20.8 Å². The summed E-state index contributed by atoms with van der Waals surface area (Å²) in [5.74, 6) is 0. The SMILES string of the molecule is C=C(C)N(C(=O)Cl)C(C)C. The van der Waals surface area contributed by atoms with Crippen molar-refractivity contribution < 1.29 is 4.79 Å². The molecule has 3 heteroatoms. The molecule has 0 heterocycles. The van der Waals surface area contributed by atoms with Crippen molar-refractivity contribution in [2.45, 2.75) is 26.8 Å². The van der Waals surface area contributed by atoms with Crippen molar-refractivity contribution >= 4 is 17.0 Å². The number of carbonyl (C=O) groups is 1. The molecule has 0 atom stereocenters. The Hall–Kier alpha value is -0.500. The molecule has 0 aliphatic rings. The second-order valence-electron chi connectivity index (χ2n) is 2.45. The minimum atomic E-state index is -0.470. The number of allylic oxidation sites excluding steroid dienone is 1. The Bertz CT molecular complexity index is 140. The molecule has 0 saturated carbocycles. The predicted molar refractivity (Wildman–Crippen MR) is 43.0 cm³/mol. The smallest absolute Gasteiger partial charge is 0.301 e. The first-order chi connectivity index (χ1) is 4.46. The van der Waals surface area contributed by atoms with Crippen LogP contribution in [0.4, 0.5) is 4.79 Å². The van der Waals surface area contributed by atoms with Crippen LogP contribution in [-0.4, -0.2) is 16.3 Å². The van der Waals surface area contributed by atoms with Gasteiger partial charge < -0.3 is 4.90 Å². The number of rotatable bonds is 2. The van der Waals surface area contributed by atoms with Crippen LogP contribution in [0.2, 0.25) is 0 Å². The number of carbonyl (C=O) groups excluding carboxylic acids is 1. The van der Waals surface area contributed by atoms with E-state index in [0.717, 1.165) is 0 Å². The molecule has 0 spiro atoms. The fraction of sp³-hybridized carbons (Fsp3) is 0.571. The topological polar surface area (TPSA) is 20.3 Å². The summed E-state index contributed by atoms with van der Waals surface area (Å²) >= 11 is 5.26. The van der Waals surface area contributed by atoms with Gasteiger partial charge in [0.15, 0.2) is 0 Å². The van der Waals surface area contributed by atoms with E-state index >= 15 is 0 Å². The van der Waals surface area contributed by atoms with Crippen molar-refractivity contribution in [2.24, 2.45) is 0 Å². The molecular weight excluding hydrogens is 150 g/mol. The minimum Gasteiger partial charge on any atom is -0.301 e. The van der Waals surface area contributed by atoms with Crippen LogP contribution in [0.25, 0.3) is 0 Å². The molecule has 0 N–H and O–H groups in total. The monoisotopic (exact) mass is 161 g/mol. The number of hydrogen-bond acceptors (Lipinski definition) is 1. The average Bonchev–Trinajstić information content (AvgIpc) is 1.59. The Balaban J connectivity index is 4.27. The van der Waals surface area contributed by atoms with Crippen molar-refractivity contribution in [2.75, 3.05) is 0 Å². The second-order valence-corrected chi connectivity index (χ2v) is 2.78. The van der Waals surface area contributed by atoms with Crippen molar-refractivity contribution in [1.82, 2.24) is 4.90 Å². The van der Waals surface area contributed by atoms with E-state index in [2.05, 4.69) is 6.58 Å². The Morgan fingerprint density at radius 3 is 2.00 bits per heavy atom. The van der Waals surface area contributed by atoms with E-state index in [1.807, 2.05) is 13.8 Å². The van der Waals surface area contributed by atoms with Crippen molar-refractivity contribution in [1.29, 1.82) is 0 Å². The van der Waals surface area contributed by atoms with Crippen molar-refractivity contribution in [3.63, 3.8) is 0 Å². The molecule has 0 aromatic heterocycles. The van der Waals surface area contributed by atoms with E-state index in [0.29, 0.717) is 5.70 Å². The summed E-state index contributed by atoms with van der Waals surface area (Å²) < 4.78 is 0. The van der Waals surface area contributed by atoms with Crippen molar-refractivity contribution in [3.05, 3.63) is 12.3 Å².